The van der Waals surface area contributed by atoms with Crippen molar-refractivity contribution in [3.63, 3.8) is 0 Å². The number of fused-ring (bicyclic) bond motifs is 1. The van der Waals surface area contributed by atoms with E-state index >= 15 is 0 Å². The first-order valence-corrected chi connectivity index (χ1v) is 8.94. The van der Waals surface area contributed by atoms with Crippen LogP contribution < -0.4 is 0 Å². The van der Waals surface area contributed by atoms with E-state index in [1.165, 1.54) is 19.3 Å². The Morgan fingerprint density at radius 1 is 1.22 bits per heavy atom. The SMILES string of the molecule is CC(C)[C@@H]1CC[C@H]2[C@H](Br)C(=O)[C@H](Br)[C@@H](C)[C@]2(C)C1. The summed E-state index contributed by atoms with van der Waals surface area (Å²) in [6.07, 6.45) is 3.76. The molecular weight excluding hydrogens is 356 g/mol. The van der Waals surface area contributed by atoms with Gasteiger partial charge in [-0.3, -0.25) is 4.79 Å². The fourth-order valence-electron chi connectivity index (χ4n) is 4.05. The van der Waals surface area contributed by atoms with Crippen LogP contribution in [0.3, 0.4) is 0 Å². The largest absolute Gasteiger partial charge is 0.297 e. The highest BCUT2D eigenvalue weighted by atomic mass is 79.9. The maximum absolute atomic E-state index is 12.3. The lowest BCUT2D eigenvalue weighted by atomic mass is 9.52. The molecule has 2 rings (SSSR count). The van der Waals surface area contributed by atoms with Crippen LogP contribution in [0.2, 0.25) is 0 Å². The maximum Gasteiger partial charge on any atom is 0.160 e. The minimum atomic E-state index is 0.0223. The minimum Gasteiger partial charge on any atom is -0.297 e. The Balaban J connectivity index is 2.29. The molecule has 18 heavy (non-hydrogen) atoms. The van der Waals surface area contributed by atoms with Gasteiger partial charge in [-0.05, 0) is 48.3 Å². The van der Waals surface area contributed by atoms with E-state index in [-0.39, 0.29) is 9.65 Å². The van der Waals surface area contributed by atoms with Gasteiger partial charge in [-0.25, -0.2) is 0 Å². The number of alkyl halides is 2. The number of carbonyl (C=O) groups excluding carboxylic acids is 1. The maximum atomic E-state index is 12.3. The van der Waals surface area contributed by atoms with Gasteiger partial charge in [-0.2, -0.15) is 0 Å². The first-order chi connectivity index (χ1) is 8.29. The number of carbonyl (C=O) groups is 1. The molecule has 0 aromatic rings. The highest BCUT2D eigenvalue weighted by Crippen LogP contribution is 2.57. The summed E-state index contributed by atoms with van der Waals surface area (Å²) in [6, 6.07) is 0. The first-order valence-electron chi connectivity index (χ1n) is 7.11. The third-order valence-corrected chi connectivity index (χ3v) is 8.05. The standard InChI is InChI=1S/C15H24Br2O/c1-8(2)10-5-6-11-13(17)14(18)12(16)9(3)15(11,4)7-10/h8-13H,5-7H2,1-4H3/t9-,10-,11+,12-,13+,15+/m1/s1. The highest BCUT2D eigenvalue weighted by molar-refractivity contribution is 9.10. The topological polar surface area (TPSA) is 17.1 Å². The van der Waals surface area contributed by atoms with Crippen molar-refractivity contribution in [2.75, 3.05) is 0 Å². The van der Waals surface area contributed by atoms with Crippen molar-refractivity contribution >= 4 is 37.6 Å². The summed E-state index contributed by atoms with van der Waals surface area (Å²) in [5.74, 6) is 2.89. The molecule has 0 radical (unpaired) electrons. The highest BCUT2D eigenvalue weighted by Gasteiger charge is 2.55. The van der Waals surface area contributed by atoms with Gasteiger partial charge in [-0.15, -0.1) is 0 Å². The van der Waals surface area contributed by atoms with E-state index in [2.05, 4.69) is 59.6 Å². The molecule has 0 amide bonds. The van der Waals surface area contributed by atoms with Gasteiger partial charge in [0.25, 0.3) is 0 Å². The van der Waals surface area contributed by atoms with Crippen molar-refractivity contribution in [1.29, 1.82) is 0 Å². The number of ketones is 1. The van der Waals surface area contributed by atoms with Crippen molar-refractivity contribution in [3.8, 4) is 0 Å². The van der Waals surface area contributed by atoms with Gasteiger partial charge in [0.15, 0.2) is 5.78 Å². The Morgan fingerprint density at radius 3 is 2.39 bits per heavy atom. The predicted octanol–water partition coefficient (Wildman–Crippen LogP) is 4.81. The van der Waals surface area contributed by atoms with E-state index in [1.807, 2.05) is 0 Å². The number of rotatable bonds is 1. The zero-order valence-electron chi connectivity index (χ0n) is 11.7. The predicted molar refractivity (Wildman–Crippen MR) is 83.4 cm³/mol. The van der Waals surface area contributed by atoms with Crippen LogP contribution in [-0.2, 0) is 4.79 Å². The molecule has 0 bridgehead atoms. The van der Waals surface area contributed by atoms with Crippen LogP contribution in [0, 0.1) is 29.1 Å². The Morgan fingerprint density at radius 2 is 1.83 bits per heavy atom. The van der Waals surface area contributed by atoms with Crippen LogP contribution in [0.5, 0.6) is 0 Å². The van der Waals surface area contributed by atoms with E-state index in [1.54, 1.807) is 0 Å². The molecule has 0 saturated heterocycles. The van der Waals surface area contributed by atoms with Gasteiger partial charge in [0.1, 0.15) is 0 Å². The fourth-order valence-corrected chi connectivity index (χ4v) is 6.44. The number of hydrogen-bond acceptors (Lipinski definition) is 1. The van der Waals surface area contributed by atoms with Crippen molar-refractivity contribution in [2.24, 2.45) is 29.1 Å². The van der Waals surface area contributed by atoms with Crippen LogP contribution in [0.15, 0.2) is 0 Å². The molecule has 0 aliphatic heterocycles. The number of hydrogen-bond donors (Lipinski definition) is 0. The fraction of sp³-hybridized carbons (Fsp3) is 0.933. The molecule has 1 nitrogen and oxygen atoms in total. The Labute approximate surface area is 128 Å². The average molecular weight is 380 g/mol. The van der Waals surface area contributed by atoms with Gasteiger partial charge in [0, 0.05) is 0 Å². The van der Waals surface area contributed by atoms with Crippen molar-refractivity contribution in [2.45, 2.75) is 56.6 Å². The van der Waals surface area contributed by atoms with Gasteiger partial charge >= 0.3 is 0 Å². The molecule has 104 valence electrons. The molecule has 0 heterocycles. The molecule has 0 aromatic carbocycles. The summed E-state index contributed by atoms with van der Waals surface area (Å²) in [5.41, 5.74) is 0.295. The number of Topliss-reactive ketones (excluding diaryl/α,β-unsaturated/α-hetero) is 1. The summed E-state index contributed by atoms with van der Waals surface area (Å²) < 4.78 is 0. The molecule has 2 aliphatic carbocycles. The monoisotopic (exact) mass is 378 g/mol. The Hall–Kier alpha value is 0.630. The summed E-state index contributed by atoms with van der Waals surface area (Å²) in [4.78, 5) is 12.3. The molecule has 0 N–H and O–H groups in total. The van der Waals surface area contributed by atoms with Gasteiger partial charge in [-0.1, -0.05) is 59.6 Å². The smallest absolute Gasteiger partial charge is 0.160 e. The molecule has 2 fully saturated rings. The molecule has 0 aromatic heterocycles. The zero-order chi connectivity index (χ0) is 13.7. The van der Waals surface area contributed by atoms with Crippen LogP contribution in [0.1, 0.15) is 47.0 Å². The molecular formula is C15H24Br2O. The van der Waals surface area contributed by atoms with E-state index in [0.29, 0.717) is 23.0 Å². The van der Waals surface area contributed by atoms with Gasteiger partial charge in [0.05, 0.1) is 9.65 Å². The molecule has 2 aliphatic rings. The average Bonchev–Trinajstić information content (AvgIpc) is 2.33. The lowest BCUT2D eigenvalue weighted by molar-refractivity contribution is -0.128. The summed E-state index contributed by atoms with van der Waals surface area (Å²) >= 11 is 7.31. The third kappa shape index (κ3) is 2.24. The molecule has 2 saturated carbocycles. The quantitative estimate of drug-likeness (QED) is 0.597. The molecule has 0 spiro atoms. The minimum absolute atomic E-state index is 0.0223. The zero-order valence-corrected chi connectivity index (χ0v) is 14.9. The Bertz CT molecular complexity index is 341. The van der Waals surface area contributed by atoms with Crippen LogP contribution in [0.25, 0.3) is 0 Å². The second kappa shape index (κ2) is 5.20. The van der Waals surface area contributed by atoms with Crippen LogP contribution in [-0.4, -0.2) is 15.4 Å². The van der Waals surface area contributed by atoms with E-state index in [4.69, 9.17) is 0 Å². The molecule has 3 heteroatoms. The summed E-state index contributed by atoms with van der Waals surface area (Å²) in [5, 5.41) is 0. The first kappa shape index (κ1) is 15.0. The second-order valence-electron chi connectivity index (χ2n) is 6.89. The van der Waals surface area contributed by atoms with Gasteiger partial charge < -0.3 is 0 Å². The van der Waals surface area contributed by atoms with E-state index in [0.717, 1.165) is 11.8 Å². The Kier molecular flexibility index (Phi) is 4.34. The normalized spacial score (nSPS) is 49.3. The molecule has 6 atom stereocenters. The third-order valence-electron chi connectivity index (χ3n) is 5.72. The van der Waals surface area contributed by atoms with Crippen LogP contribution in [0.4, 0.5) is 0 Å². The second-order valence-corrected chi connectivity index (χ2v) is 8.87. The lowest BCUT2D eigenvalue weighted by Gasteiger charge is -2.55. The van der Waals surface area contributed by atoms with E-state index < -0.39 is 0 Å². The van der Waals surface area contributed by atoms with E-state index in [9.17, 15) is 4.79 Å². The van der Waals surface area contributed by atoms with Crippen molar-refractivity contribution < 1.29 is 4.79 Å². The lowest BCUT2D eigenvalue weighted by Crippen LogP contribution is -2.56. The van der Waals surface area contributed by atoms with Gasteiger partial charge in [0.2, 0.25) is 0 Å². The number of halogens is 2. The van der Waals surface area contributed by atoms with Crippen molar-refractivity contribution in [3.05, 3.63) is 0 Å². The molecule has 0 unspecified atom stereocenters. The van der Waals surface area contributed by atoms with Crippen molar-refractivity contribution in [1.82, 2.24) is 0 Å². The summed E-state index contributed by atoms with van der Waals surface area (Å²) in [7, 11) is 0. The summed E-state index contributed by atoms with van der Waals surface area (Å²) in [6.45, 7) is 9.34. The van der Waals surface area contributed by atoms with Crippen LogP contribution >= 0.6 is 31.9 Å².